The molecule has 2 N–H and O–H groups in total. The van der Waals surface area contributed by atoms with Crippen LogP contribution in [0.5, 0.6) is 11.5 Å². The zero-order chi connectivity index (χ0) is 13.0. The van der Waals surface area contributed by atoms with Gasteiger partial charge in [-0.05, 0) is 58.5 Å². The Kier molecular flexibility index (Phi) is 4.30. The number of hydrogen-bond donors (Lipinski definition) is 2. The number of phenolic OH excluding ortho intramolecular Hbond substituents is 1. The predicted octanol–water partition coefficient (Wildman–Crippen LogP) is 3.62. The average molecular weight is 355 g/mol. The third-order valence-corrected chi connectivity index (χ3v) is 3.24. The van der Waals surface area contributed by atoms with Crippen LogP contribution in [0.2, 0.25) is 0 Å². The summed E-state index contributed by atoms with van der Waals surface area (Å²) in [6.07, 6.45) is 0. The molecule has 0 bridgehead atoms. The number of nitrogens with one attached hydrogen (secondary N) is 1. The van der Waals surface area contributed by atoms with Crippen molar-refractivity contribution in [2.24, 2.45) is 0 Å². The smallest absolute Gasteiger partial charge is 0.160 e. The molecular weight excluding hydrogens is 341 g/mol. The molecule has 0 aliphatic carbocycles. The monoisotopic (exact) mass is 355 g/mol. The fourth-order valence-electron chi connectivity index (χ4n) is 1.65. The molecule has 0 radical (unpaired) electrons. The fraction of sp³-hybridized carbons (Fsp3) is 0.143. The summed E-state index contributed by atoms with van der Waals surface area (Å²) < 4.78 is 6.20. The number of anilines is 1. The standard InChI is InChI=1S/C14H14INO2/c1-18-14-6-5-10(7-13(14)17)9-16-12-4-2-3-11(15)8-12/h2-8,16-17H,9H2,1H3. The Hall–Kier alpha value is -1.43. The van der Waals surface area contributed by atoms with Crippen LogP contribution in [0, 0.1) is 3.57 Å². The third-order valence-electron chi connectivity index (χ3n) is 2.56. The van der Waals surface area contributed by atoms with E-state index in [2.05, 4.69) is 34.0 Å². The molecule has 2 aromatic carbocycles. The van der Waals surface area contributed by atoms with Crippen molar-refractivity contribution in [3.05, 3.63) is 51.6 Å². The van der Waals surface area contributed by atoms with Crippen molar-refractivity contribution in [1.29, 1.82) is 0 Å². The van der Waals surface area contributed by atoms with Crippen LogP contribution in [0.4, 0.5) is 5.69 Å². The third kappa shape index (κ3) is 3.29. The Balaban J connectivity index is 2.04. The molecule has 0 saturated carbocycles. The summed E-state index contributed by atoms with van der Waals surface area (Å²) >= 11 is 2.28. The fourth-order valence-corrected chi connectivity index (χ4v) is 2.19. The highest BCUT2D eigenvalue weighted by Gasteiger charge is 2.02. The second-order valence-corrected chi connectivity index (χ2v) is 5.12. The Bertz CT molecular complexity index is 543. The van der Waals surface area contributed by atoms with Gasteiger partial charge in [0.1, 0.15) is 0 Å². The van der Waals surface area contributed by atoms with Crippen molar-refractivity contribution < 1.29 is 9.84 Å². The lowest BCUT2D eigenvalue weighted by atomic mass is 10.2. The highest BCUT2D eigenvalue weighted by molar-refractivity contribution is 14.1. The number of methoxy groups -OCH3 is 1. The topological polar surface area (TPSA) is 41.5 Å². The second-order valence-electron chi connectivity index (χ2n) is 3.87. The van der Waals surface area contributed by atoms with Crippen LogP contribution < -0.4 is 10.1 Å². The molecule has 2 aromatic rings. The van der Waals surface area contributed by atoms with E-state index in [-0.39, 0.29) is 5.75 Å². The molecule has 0 atom stereocenters. The first kappa shape index (κ1) is 13.0. The Morgan fingerprint density at radius 2 is 2.06 bits per heavy atom. The minimum absolute atomic E-state index is 0.166. The SMILES string of the molecule is COc1ccc(CNc2cccc(I)c2)cc1O. The molecule has 0 aliphatic rings. The van der Waals surface area contributed by atoms with Gasteiger partial charge < -0.3 is 15.2 Å². The van der Waals surface area contributed by atoms with Gasteiger partial charge in [0.15, 0.2) is 11.5 Å². The summed E-state index contributed by atoms with van der Waals surface area (Å²) in [6, 6.07) is 13.6. The number of benzene rings is 2. The van der Waals surface area contributed by atoms with Crippen LogP contribution in [-0.4, -0.2) is 12.2 Å². The Morgan fingerprint density at radius 1 is 1.22 bits per heavy atom. The number of halogens is 1. The van der Waals surface area contributed by atoms with Crippen LogP contribution >= 0.6 is 22.6 Å². The van der Waals surface area contributed by atoms with E-state index >= 15 is 0 Å². The van der Waals surface area contributed by atoms with Gasteiger partial charge in [0.2, 0.25) is 0 Å². The minimum Gasteiger partial charge on any atom is -0.504 e. The highest BCUT2D eigenvalue weighted by Crippen LogP contribution is 2.26. The van der Waals surface area contributed by atoms with Crippen molar-refractivity contribution in [3.63, 3.8) is 0 Å². The molecule has 0 heterocycles. The summed E-state index contributed by atoms with van der Waals surface area (Å²) in [7, 11) is 1.54. The molecule has 2 rings (SSSR count). The van der Waals surface area contributed by atoms with Gasteiger partial charge in [0, 0.05) is 15.8 Å². The number of hydrogen-bond acceptors (Lipinski definition) is 3. The maximum atomic E-state index is 9.68. The first-order valence-corrected chi connectivity index (χ1v) is 6.62. The van der Waals surface area contributed by atoms with Gasteiger partial charge >= 0.3 is 0 Å². The van der Waals surface area contributed by atoms with Gasteiger partial charge in [-0.2, -0.15) is 0 Å². The highest BCUT2D eigenvalue weighted by atomic mass is 127. The molecule has 4 heteroatoms. The predicted molar refractivity (Wildman–Crippen MR) is 81.1 cm³/mol. The van der Waals surface area contributed by atoms with Gasteiger partial charge in [-0.3, -0.25) is 0 Å². The van der Waals surface area contributed by atoms with E-state index in [0.29, 0.717) is 12.3 Å². The van der Waals surface area contributed by atoms with E-state index in [1.807, 2.05) is 24.3 Å². The maximum Gasteiger partial charge on any atom is 0.160 e. The molecule has 94 valence electrons. The first-order valence-electron chi connectivity index (χ1n) is 5.54. The van der Waals surface area contributed by atoms with Crippen molar-refractivity contribution in [2.45, 2.75) is 6.54 Å². The zero-order valence-electron chi connectivity index (χ0n) is 9.98. The van der Waals surface area contributed by atoms with Crippen molar-refractivity contribution in [3.8, 4) is 11.5 Å². The number of rotatable bonds is 4. The number of phenols is 1. The molecule has 0 saturated heterocycles. The molecule has 0 unspecified atom stereocenters. The lowest BCUT2D eigenvalue weighted by Gasteiger charge is -2.09. The van der Waals surface area contributed by atoms with Gasteiger partial charge in [0.25, 0.3) is 0 Å². The van der Waals surface area contributed by atoms with Crippen LogP contribution in [-0.2, 0) is 6.54 Å². The van der Waals surface area contributed by atoms with Crippen molar-refractivity contribution in [1.82, 2.24) is 0 Å². The number of aromatic hydroxyl groups is 1. The second kappa shape index (κ2) is 5.95. The van der Waals surface area contributed by atoms with Gasteiger partial charge in [-0.1, -0.05) is 12.1 Å². The molecular formula is C14H14INO2. The zero-order valence-corrected chi connectivity index (χ0v) is 12.1. The van der Waals surface area contributed by atoms with Crippen LogP contribution in [0.1, 0.15) is 5.56 Å². The molecule has 0 fully saturated rings. The lowest BCUT2D eigenvalue weighted by Crippen LogP contribution is -1.99. The summed E-state index contributed by atoms with van der Waals surface area (Å²) in [4.78, 5) is 0. The largest absolute Gasteiger partial charge is 0.504 e. The molecule has 0 aliphatic heterocycles. The van der Waals surface area contributed by atoms with Gasteiger partial charge in [-0.25, -0.2) is 0 Å². The maximum absolute atomic E-state index is 9.68. The van der Waals surface area contributed by atoms with Crippen molar-refractivity contribution in [2.75, 3.05) is 12.4 Å². The van der Waals surface area contributed by atoms with E-state index in [4.69, 9.17) is 4.74 Å². The lowest BCUT2D eigenvalue weighted by molar-refractivity contribution is 0.373. The Morgan fingerprint density at radius 3 is 2.72 bits per heavy atom. The van der Waals surface area contributed by atoms with E-state index in [0.717, 1.165) is 11.3 Å². The van der Waals surface area contributed by atoms with Crippen LogP contribution in [0.3, 0.4) is 0 Å². The van der Waals surface area contributed by atoms with Gasteiger partial charge in [0.05, 0.1) is 7.11 Å². The molecule has 0 amide bonds. The summed E-state index contributed by atoms with van der Waals surface area (Å²) in [6.45, 7) is 0.664. The van der Waals surface area contributed by atoms with E-state index in [9.17, 15) is 5.11 Å². The van der Waals surface area contributed by atoms with Crippen molar-refractivity contribution >= 4 is 28.3 Å². The number of ether oxygens (including phenoxy) is 1. The molecule has 3 nitrogen and oxygen atoms in total. The normalized spacial score (nSPS) is 10.1. The van der Waals surface area contributed by atoms with Crippen LogP contribution in [0.25, 0.3) is 0 Å². The van der Waals surface area contributed by atoms with E-state index < -0.39 is 0 Å². The minimum atomic E-state index is 0.166. The van der Waals surface area contributed by atoms with E-state index in [1.165, 1.54) is 3.57 Å². The summed E-state index contributed by atoms with van der Waals surface area (Å²) in [5, 5.41) is 13.0. The van der Waals surface area contributed by atoms with E-state index in [1.54, 1.807) is 19.2 Å². The quantitative estimate of drug-likeness (QED) is 0.824. The first-order chi connectivity index (χ1) is 8.69. The average Bonchev–Trinajstić information content (AvgIpc) is 2.37. The molecule has 0 spiro atoms. The van der Waals surface area contributed by atoms with Gasteiger partial charge in [-0.15, -0.1) is 0 Å². The Labute approximate surface area is 120 Å². The summed E-state index contributed by atoms with van der Waals surface area (Å²) in [5.41, 5.74) is 2.07. The molecule has 18 heavy (non-hydrogen) atoms. The summed E-state index contributed by atoms with van der Waals surface area (Å²) in [5.74, 6) is 0.660. The molecule has 0 aromatic heterocycles. The van der Waals surface area contributed by atoms with Crippen LogP contribution in [0.15, 0.2) is 42.5 Å².